The Bertz CT molecular complexity index is 428. The molecule has 0 spiro atoms. The monoisotopic (exact) mass is 291 g/mol. The molecule has 21 heavy (non-hydrogen) atoms. The van der Waals surface area contributed by atoms with Crippen LogP contribution in [0.3, 0.4) is 0 Å². The molecule has 4 nitrogen and oxygen atoms in total. The van der Waals surface area contributed by atoms with Gasteiger partial charge in [-0.3, -0.25) is 0 Å². The average Bonchev–Trinajstić information content (AvgIpc) is 2.53. The van der Waals surface area contributed by atoms with Gasteiger partial charge in [0.2, 0.25) is 0 Å². The Morgan fingerprint density at radius 2 is 1.95 bits per heavy atom. The maximum absolute atomic E-state index is 5.24. The van der Waals surface area contributed by atoms with E-state index in [1.807, 2.05) is 18.2 Å². The second-order valence-corrected chi connectivity index (χ2v) is 5.11. The minimum Gasteiger partial charge on any atom is -0.497 e. The molecule has 0 aromatic heterocycles. The lowest BCUT2D eigenvalue weighted by atomic mass is 10.0. The molecule has 2 N–H and O–H groups in total. The molecule has 1 aromatic rings. The van der Waals surface area contributed by atoms with Crippen LogP contribution in [0.25, 0.3) is 0 Å². The van der Waals surface area contributed by atoms with Gasteiger partial charge in [0.25, 0.3) is 0 Å². The predicted octanol–water partition coefficient (Wildman–Crippen LogP) is 3.19. The summed E-state index contributed by atoms with van der Waals surface area (Å²) in [5.74, 6) is 2.45. The summed E-state index contributed by atoms with van der Waals surface area (Å²) in [5.41, 5.74) is 1.15. The van der Waals surface area contributed by atoms with E-state index in [2.05, 4.69) is 42.5 Å². The summed E-state index contributed by atoms with van der Waals surface area (Å²) in [6.45, 7) is 9.03. The zero-order valence-electron chi connectivity index (χ0n) is 13.8. The van der Waals surface area contributed by atoms with Gasteiger partial charge in [0.15, 0.2) is 5.96 Å². The van der Waals surface area contributed by atoms with Crippen LogP contribution in [0.1, 0.15) is 39.2 Å². The van der Waals surface area contributed by atoms with Crippen LogP contribution in [-0.4, -0.2) is 26.2 Å². The number of hydrogen-bond acceptors (Lipinski definition) is 2. The van der Waals surface area contributed by atoms with Gasteiger partial charge in [-0.25, -0.2) is 4.99 Å². The SMILES string of the molecule is CCNC(=NCc1cccc(OC)c1)NCC(CC)CC. The molecule has 0 atom stereocenters. The van der Waals surface area contributed by atoms with Gasteiger partial charge in [0.05, 0.1) is 13.7 Å². The molecule has 0 saturated heterocycles. The van der Waals surface area contributed by atoms with E-state index in [-0.39, 0.29) is 0 Å². The van der Waals surface area contributed by atoms with Crippen molar-refractivity contribution in [1.82, 2.24) is 10.6 Å². The number of aliphatic imine (C=N–C) groups is 1. The Morgan fingerprint density at radius 3 is 2.57 bits per heavy atom. The molecule has 0 heterocycles. The molecule has 1 rings (SSSR count). The Balaban J connectivity index is 2.61. The normalized spacial score (nSPS) is 11.6. The Hall–Kier alpha value is -1.71. The van der Waals surface area contributed by atoms with Crippen LogP contribution in [0.15, 0.2) is 29.3 Å². The number of guanidine groups is 1. The Labute approximate surface area is 129 Å². The molecule has 0 bridgehead atoms. The van der Waals surface area contributed by atoms with Crippen LogP contribution in [-0.2, 0) is 6.54 Å². The maximum atomic E-state index is 5.24. The minimum atomic E-state index is 0.648. The van der Waals surface area contributed by atoms with E-state index < -0.39 is 0 Å². The highest BCUT2D eigenvalue weighted by atomic mass is 16.5. The lowest BCUT2D eigenvalue weighted by molar-refractivity contribution is 0.414. The van der Waals surface area contributed by atoms with Gasteiger partial charge < -0.3 is 15.4 Å². The molecule has 0 radical (unpaired) electrons. The van der Waals surface area contributed by atoms with Crippen molar-refractivity contribution in [3.8, 4) is 5.75 Å². The second kappa shape index (κ2) is 10.1. The van der Waals surface area contributed by atoms with Gasteiger partial charge in [-0.15, -0.1) is 0 Å². The number of methoxy groups -OCH3 is 1. The summed E-state index contributed by atoms with van der Waals surface area (Å²) >= 11 is 0. The quantitative estimate of drug-likeness (QED) is 0.571. The van der Waals surface area contributed by atoms with Crippen molar-refractivity contribution in [2.24, 2.45) is 10.9 Å². The first-order chi connectivity index (χ1) is 10.2. The number of hydrogen-bond donors (Lipinski definition) is 2. The fraction of sp³-hybridized carbons (Fsp3) is 0.588. The first-order valence-electron chi connectivity index (χ1n) is 7.88. The molecule has 0 aliphatic heterocycles. The molecule has 0 aliphatic carbocycles. The molecule has 0 saturated carbocycles. The third-order valence-corrected chi connectivity index (χ3v) is 3.61. The van der Waals surface area contributed by atoms with Crippen molar-refractivity contribution in [2.45, 2.75) is 40.2 Å². The smallest absolute Gasteiger partial charge is 0.191 e. The Kier molecular flexibility index (Phi) is 8.32. The van der Waals surface area contributed by atoms with Gasteiger partial charge in [-0.05, 0) is 30.5 Å². The summed E-state index contributed by atoms with van der Waals surface area (Å²) in [4.78, 5) is 4.64. The van der Waals surface area contributed by atoms with Gasteiger partial charge in [0, 0.05) is 13.1 Å². The molecule has 118 valence electrons. The van der Waals surface area contributed by atoms with Crippen molar-refractivity contribution in [3.63, 3.8) is 0 Å². The molecular formula is C17H29N3O. The van der Waals surface area contributed by atoms with Crippen LogP contribution in [0.2, 0.25) is 0 Å². The first-order valence-corrected chi connectivity index (χ1v) is 7.88. The van der Waals surface area contributed by atoms with E-state index in [1.165, 1.54) is 12.8 Å². The van der Waals surface area contributed by atoms with Crippen LogP contribution < -0.4 is 15.4 Å². The second-order valence-electron chi connectivity index (χ2n) is 5.11. The van der Waals surface area contributed by atoms with Crippen molar-refractivity contribution in [3.05, 3.63) is 29.8 Å². The predicted molar refractivity (Wildman–Crippen MR) is 89.9 cm³/mol. The minimum absolute atomic E-state index is 0.648. The highest BCUT2D eigenvalue weighted by Gasteiger charge is 2.04. The molecule has 0 amide bonds. The van der Waals surface area contributed by atoms with Crippen LogP contribution >= 0.6 is 0 Å². The molecule has 0 unspecified atom stereocenters. The van der Waals surface area contributed by atoms with Crippen LogP contribution in [0, 0.1) is 5.92 Å². The molecule has 0 aliphatic rings. The number of rotatable bonds is 8. The summed E-state index contributed by atoms with van der Waals surface area (Å²) in [5, 5.41) is 6.72. The van der Waals surface area contributed by atoms with E-state index in [1.54, 1.807) is 7.11 Å². The van der Waals surface area contributed by atoms with Gasteiger partial charge >= 0.3 is 0 Å². The van der Waals surface area contributed by atoms with Crippen LogP contribution in [0.4, 0.5) is 0 Å². The van der Waals surface area contributed by atoms with Crippen molar-refractivity contribution in [2.75, 3.05) is 20.2 Å². The number of nitrogens with one attached hydrogen (secondary N) is 2. The van der Waals surface area contributed by atoms with Crippen molar-refractivity contribution < 1.29 is 4.74 Å². The topological polar surface area (TPSA) is 45.7 Å². The van der Waals surface area contributed by atoms with Crippen LogP contribution in [0.5, 0.6) is 5.75 Å². The largest absolute Gasteiger partial charge is 0.497 e. The van der Waals surface area contributed by atoms with E-state index in [4.69, 9.17) is 4.74 Å². The van der Waals surface area contributed by atoms with Crippen molar-refractivity contribution in [1.29, 1.82) is 0 Å². The van der Waals surface area contributed by atoms with E-state index >= 15 is 0 Å². The summed E-state index contributed by atoms with van der Waals surface area (Å²) in [7, 11) is 1.68. The van der Waals surface area contributed by atoms with E-state index in [0.717, 1.165) is 30.4 Å². The van der Waals surface area contributed by atoms with E-state index in [9.17, 15) is 0 Å². The molecule has 4 heteroatoms. The summed E-state index contributed by atoms with van der Waals surface area (Å²) in [6.07, 6.45) is 2.39. The van der Waals surface area contributed by atoms with Gasteiger partial charge in [-0.1, -0.05) is 38.8 Å². The van der Waals surface area contributed by atoms with Crippen molar-refractivity contribution >= 4 is 5.96 Å². The molecular weight excluding hydrogens is 262 g/mol. The summed E-state index contributed by atoms with van der Waals surface area (Å²) < 4.78 is 5.24. The van der Waals surface area contributed by atoms with Gasteiger partial charge in [0.1, 0.15) is 5.75 Å². The van der Waals surface area contributed by atoms with Gasteiger partial charge in [-0.2, -0.15) is 0 Å². The third kappa shape index (κ3) is 6.52. The average molecular weight is 291 g/mol. The fourth-order valence-electron chi connectivity index (χ4n) is 2.10. The zero-order valence-corrected chi connectivity index (χ0v) is 13.8. The first kappa shape index (κ1) is 17.3. The fourth-order valence-corrected chi connectivity index (χ4v) is 2.10. The Morgan fingerprint density at radius 1 is 1.19 bits per heavy atom. The van der Waals surface area contributed by atoms with E-state index in [0.29, 0.717) is 12.5 Å². The summed E-state index contributed by atoms with van der Waals surface area (Å²) in [6, 6.07) is 8.03. The number of ether oxygens (including phenoxy) is 1. The third-order valence-electron chi connectivity index (χ3n) is 3.61. The lowest BCUT2D eigenvalue weighted by Gasteiger charge is -2.16. The standard InChI is InChI=1S/C17H29N3O/c1-5-14(6-2)12-19-17(18-7-3)20-13-15-9-8-10-16(11-15)21-4/h8-11,14H,5-7,12-13H2,1-4H3,(H2,18,19,20). The number of benzene rings is 1. The zero-order chi connectivity index (χ0) is 15.5. The maximum Gasteiger partial charge on any atom is 0.191 e. The highest BCUT2D eigenvalue weighted by molar-refractivity contribution is 5.79. The number of nitrogens with zero attached hydrogens (tertiary/aromatic N) is 1. The molecule has 0 fully saturated rings. The molecule has 1 aromatic carbocycles. The highest BCUT2D eigenvalue weighted by Crippen LogP contribution is 2.13. The lowest BCUT2D eigenvalue weighted by Crippen LogP contribution is -2.39.